The number of halogens is 3. The van der Waals surface area contributed by atoms with Gasteiger partial charge in [-0.2, -0.15) is 18.3 Å². The monoisotopic (exact) mass is 315 g/mol. The molecule has 0 aliphatic carbocycles. The molecule has 0 aromatic carbocycles. The average Bonchev–Trinajstić information content (AvgIpc) is 2.93. The summed E-state index contributed by atoms with van der Waals surface area (Å²) in [5, 5.41) is 23.3. The SMILES string of the molecule is O=C1c2ccc[n+](O)c2C(O)N1c1cnn(CC(F)(F)F)c1. The van der Waals surface area contributed by atoms with Crippen LogP contribution in [-0.2, 0) is 6.54 Å². The lowest BCUT2D eigenvalue weighted by Crippen LogP contribution is -2.37. The molecule has 7 nitrogen and oxygen atoms in total. The Kier molecular flexibility index (Phi) is 3.06. The maximum atomic E-state index is 12.3. The number of alkyl halides is 3. The second kappa shape index (κ2) is 4.70. The second-order valence-electron chi connectivity index (χ2n) is 4.71. The third-order valence-electron chi connectivity index (χ3n) is 3.19. The van der Waals surface area contributed by atoms with Gasteiger partial charge in [-0.3, -0.25) is 19.6 Å². The molecule has 0 saturated heterocycles. The van der Waals surface area contributed by atoms with Crippen LogP contribution in [-0.4, -0.2) is 32.2 Å². The third kappa shape index (κ3) is 2.26. The Labute approximate surface area is 121 Å². The first-order chi connectivity index (χ1) is 10.3. The minimum Gasteiger partial charge on any atom is -0.364 e. The minimum absolute atomic E-state index is 0.00190. The van der Waals surface area contributed by atoms with E-state index in [1.165, 1.54) is 18.3 Å². The van der Waals surface area contributed by atoms with Crippen LogP contribution < -0.4 is 9.63 Å². The number of hydrogen-bond donors (Lipinski definition) is 2. The minimum atomic E-state index is -4.45. The van der Waals surface area contributed by atoms with Gasteiger partial charge in [0.2, 0.25) is 12.4 Å². The Balaban J connectivity index is 1.94. The molecule has 0 radical (unpaired) electrons. The van der Waals surface area contributed by atoms with Gasteiger partial charge in [0.25, 0.3) is 11.6 Å². The summed E-state index contributed by atoms with van der Waals surface area (Å²) in [6.45, 7) is -1.31. The maximum absolute atomic E-state index is 12.3. The predicted molar refractivity (Wildman–Crippen MR) is 63.9 cm³/mol. The Morgan fingerprint density at radius 1 is 1.41 bits per heavy atom. The molecule has 1 amide bonds. The predicted octanol–water partition coefficient (Wildman–Crippen LogP) is 0.621. The van der Waals surface area contributed by atoms with E-state index in [2.05, 4.69) is 5.10 Å². The zero-order valence-electron chi connectivity index (χ0n) is 10.9. The van der Waals surface area contributed by atoms with E-state index in [0.717, 1.165) is 17.3 Å². The topological polar surface area (TPSA) is 82.5 Å². The van der Waals surface area contributed by atoms with Crippen molar-refractivity contribution in [3.8, 4) is 0 Å². The number of aliphatic hydroxyl groups excluding tert-OH is 1. The van der Waals surface area contributed by atoms with Crippen molar-refractivity contribution in [2.75, 3.05) is 4.90 Å². The number of carbonyl (C=O) groups is 1. The Morgan fingerprint density at radius 3 is 2.77 bits per heavy atom. The quantitative estimate of drug-likeness (QED) is 0.629. The molecule has 10 heteroatoms. The van der Waals surface area contributed by atoms with E-state index < -0.39 is 24.9 Å². The number of hydrogen-bond acceptors (Lipinski definition) is 4. The van der Waals surface area contributed by atoms with Gasteiger partial charge in [0.05, 0.1) is 11.9 Å². The van der Waals surface area contributed by atoms with Crippen LogP contribution in [0.2, 0.25) is 0 Å². The van der Waals surface area contributed by atoms with Gasteiger partial charge in [-0.15, -0.1) is 0 Å². The molecule has 3 heterocycles. The van der Waals surface area contributed by atoms with Crippen LogP contribution in [0.3, 0.4) is 0 Å². The first-order valence-electron chi connectivity index (χ1n) is 6.12. The first kappa shape index (κ1) is 14.3. The fraction of sp³-hybridized carbons (Fsp3) is 0.250. The molecule has 0 bridgehead atoms. The Hall–Kier alpha value is -2.62. The molecular weight excluding hydrogens is 305 g/mol. The van der Waals surface area contributed by atoms with Crippen molar-refractivity contribution in [1.82, 2.24) is 9.78 Å². The summed E-state index contributed by atoms with van der Waals surface area (Å²) in [4.78, 5) is 13.1. The largest absolute Gasteiger partial charge is 0.408 e. The highest BCUT2D eigenvalue weighted by molar-refractivity contribution is 6.09. The zero-order chi connectivity index (χ0) is 16.1. The molecule has 3 rings (SSSR count). The van der Waals surface area contributed by atoms with Gasteiger partial charge in [-0.1, -0.05) is 0 Å². The smallest absolute Gasteiger partial charge is 0.364 e. The van der Waals surface area contributed by atoms with Crippen LogP contribution in [0.25, 0.3) is 0 Å². The summed E-state index contributed by atoms with van der Waals surface area (Å²) in [6, 6.07) is 2.80. The van der Waals surface area contributed by atoms with Crippen LogP contribution >= 0.6 is 0 Å². The molecule has 2 N–H and O–H groups in total. The molecule has 2 aromatic rings. The van der Waals surface area contributed by atoms with Gasteiger partial charge < -0.3 is 5.11 Å². The van der Waals surface area contributed by atoms with Crippen molar-refractivity contribution >= 4 is 11.6 Å². The zero-order valence-corrected chi connectivity index (χ0v) is 10.9. The third-order valence-corrected chi connectivity index (χ3v) is 3.19. The fourth-order valence-corrected chi connectivity index (χ4v) is 2.32. The van der Waals surface area contributed by atoms with Gasteiger partial charge >= 0.3 is 6.18 Å². The molecule has 1 aliphatic rings. The number of pyridine rings is 1. The summed E-state index contributed by atoms with van der Waals surface area (Å²) >= 11 is 0. The lowest BCUT2D eigenvalue weighted by Gasteiger charge is -2.16. The van der Waals surface area contributed by atoms with E-state index in [1.54, 1.807) is 0 Å². The molecule has 2 aromatic heterocycles. The lowest BCUT2D eigenvalue weighted by molar-refractivity contribution is -0.911. The summed E-state index contributed by atoms with van der Waals surface area (Å²) < 4.78 is 38.2. The van der Waals surface area contributed by atoms with Gasteiger partial charge in [-0.05, 0) is 6.07 Å². The molecule has 116 valence electrons. The molecule has 0 fully saturated rings. The number of nitrogens with zero attached hydrogens (tertiary/aromatic N) is 4. The number of rotatable bonds is 2. The molecule has 22 heavy (non-hydrogen) atoms. The van der Waals surface area contributed by atoms with Crippen LogP contribution in [0, 0.1) is 0 Å². The average molecular weight is 315 g/mol. The lowest BCUT2D eigenvalue weighted by atomic mass is 10.2. The van der Waals surface area contributed by atoms with Crippen molar-refractivity contribution in [3.63, 3.8) is 0 Å². The molecule has 1 atom stereocenters. The molecule has 0 spiro atoms. The van der Waals surface area contributed by atoms with E-state index in [4.69, 9.17) is 0 Å². The molecule has 1 unspecified atom stereocenters. The summed E-state index contributed by atoms with van der Waals surface area (Å²) in [6.07, 6.45) is -2.69. The summed E-state index contributed by atoms with van der Waals surface area (Å²) in [7, 11) is 0. The number of aliphatic hydroxyl groups is 1. The van der Waals surface area contributed by atoms with E-state index in [1.807, 2.05) is 0 Å². The van der Waals surface area contributed by atoms with Crippen molar-refractivity contribution < 1.29 is 33.0 Å². The standard InChI is InChI=1S/C12H10F3N4O3/c13-12(14,15)6-17-5-7(4-16-17)19-10(20)8-2-1-3-18(22)9(8)11(19)21/h1-5,11,21-22H,6H2/q+1. The van der Waals surface area contributed by atoms with Crippen LogP contribution in [0.15, 0.2) is 30.7 Å². The van der Waals surface area contributed by atoms with Gasteiger partial charge in [0.1, 0.15) is 12.1 Å². The highest BCUT2D eigenvalue weighted by Gasteiger charge is 2.45. The van der Waals surface area contributed by atoms with Crippen molar-refractivity contribution in [1.29, 1.82) is 0 Å². The number of aromatic nitrogens is 3. The number of anilines is 1. The first-order valence-corrected chi connectivity index (χ1v) is 6.12. The maximum Gasteiger partial charge on any atom is 0.408 e. The summed E-state index contributed by atoms with van der Waals surface area (Å²) in [5.74, 6) is -0.641. The summed E-state index contributed by atoms with van der Waals surface area (Å²) in [5.41, 5.74) is -0.00454. The van der Waals surface area contributed by atoms with Gasteiger partial charge in [0.15, 0.2) is 0 Å². The highest BCUT2D eigenvalue weighted by atomic mass is 19.4. The number of fused-ring (bicyclic) bond motifs is 1. The highest BCUT2D eigenvalue weighted by Crippen LogP contribution is 2.33. The number of amides is 1. The fourth-order valence-electron chi connectivity index (χ4n) is 2.32. The molecule has 1 aliphatic heterocycles. The van der Waals surface area contributed by atoms with E-state index in [-0.39, 0.29) is 16.9 Å². The van der Waals surface area contributed by atoms with Crippen LogP contribution in [0.1, 0.15) is 22.3 Å². The molecule has 0 saturated carbocycles. The van der Waals surface area contributed by atoms with Crippen LogP contribution in [0.5, 0.6) is 0 Å². The van der Waals surface area contributed by atoms with Gasteiger partial charge in [-0.25, -0.2) is 0 Å². The van der Waals surface area contributed by atoms with Crippen molar-refractivity contribution in [2.24, 2.45) is 0 Å². The van der Waals surface area contributed by atoms with Gasteiger partial charge in [0, 0.05) is 17.0 Å². The molecular formula is C12H10F3N4O3+. The van der Waals surface area contributed by atoms with E-state index in [9.17, 15) is 28.3 Å². The Morgan fingerprint density at radius 2 is 2.14 bits per heavy atom. The van der Waals surface area contributed by atoms with E-state index in [0.29, 0.717) is 9.41 Å². The van der Waals surface area contributed by atoms with E-state index >= 15 is 0 Å². The Bertz CT molecular complexity index is 743. The van der Waals surface area contributed by atoms with Crippen LogP contribution in [0.4, 0.5) is 18.9 Å². The number of carbonyl (C=O) groups excluding carboxylic acids is 1. The second-order valence-corrected chi connectivity index (χ2v) is 4.71. The van der Waals surface area contributed by atoms with Crippen molar-refractivity contribution in [3.05, 3.63) is 42.0 Å². The normalized spacial score (nSPS) is 17.9. The van der Waals surface area contributed by atoms with Crippen molar-refractivity contribution in [2.45, 2.75) is 18.9 Å².